The Bertz CT molecular complexity index is 2340. The average Bonchev–Trinajstić information content (AvgIpc) is 1.53. The van der Waals surface area contributed by atoms with Crippen molar-refractivity contribution in [1.29, 1.82) is 5.26 Å². The fraction of sp³-hybridized carbons (Fsp3) is 0.991. The minimum atomic E-state index is -0.478. The lowest BCUT2D eigenvalue weighted by atomic mass is 9.65. The molecule has 5 saturated heterocycles. The molecule has 4 unspecified atom stereocenters. The van der Waals surface area contributed by atoms with Crippen molar-refractivity contribution >= 4 is 0 Å². The van der Waals surface area contributed by atoms with Gasteiger partial charge < -0.3 is 54.9 Å². The Morgan fingerprint density at radius 2 is 0.945 bits per heavy atom. The Kier molecular flexibility index (Phi) is 79.3. The second kappa shape index (κ2) is 76.1. The summed E-state index contributed by atoms with van der Waals surface area (Å²) >= 11 is 0. The van der Waals surface area contributed by atoms with Crippen LogP contribution in [0.15, 0.2) is 0 Å². The van der Waals surface area contributed by atoms with E-state index in [1.807, 2.05) is 6.92 Å². The quantitative estimate of drug-likeness (QED) is 0.0439. The second-order valence-electron chi connectivity index (χ2n) is 47.7. The molecule has 0 aromatic rings. The number of likely N-dealkylation sites (tertiary alicyclic amines) is 1. The molecule has 12 fully saturated rings. The molecule has 0 bridgehead atoms. The molecule has 12 nitrogen and oxygen atoms in total. The minimum absolute atomic E-state index is 0. The fourth-order valence-corrected chi connectivity index (χ4v) is 19.9. The highest BCUT2D eigenvalue weighted by Gasteiger charge is 2.39. The number of aliphatic hydroxyl groups excluding tert-OH is 1. The third kappa shape index (κ3) is 68.7. The number of unbranched alkanes of at least 4 members (excludes halogenated alkanes) is 1. The number of hydrogen-bond acceptors (Lipinski definition) is 12. The number of nitrogens with zero attached hydrogens (tertiary/aromatic N) is 2. The number of morpholine rings is 1. The molecule has 7 aliphatic carbocycles. The summed E-state index contributed by atoms with van der Waals surface area (Å²) in [6, 6.07) is 3.76. The van der Waals surface area contributed by atoms with Crippen LogP contribution in [0.5, 0.6) is 0 Å². The van der Waals surface area contributed by atoms with Gasteiger partial charge >= 0.3 is 0 Å². The Hall–Kier alpha value is -0.950. The van der Waals surface area contributed by atoms with Crippen molar-refractivity contribution in [2.24, 2.45) is 130 Å². The molecule has 7 saturated carbocycles. The maximum atomic E-state index is 9.86. The number of hydrogen-bond donors (Lipinski definition) is 6. The topological polar surface area (TPSA) is 169 Å². The lowest BCUT2D eigenvalue weighted by Gasteiger charge is -2.41. The first kappa shape index (κ1) is 132. The highest BCUT2D eigenvalue weighted by atomic mass is 16.5. The van der Waals surface area contributed by atoms with Gasteiger partial charge in [-0.3, -0.25) is 0 Å². The zero-order valence-corrected chi connectivity index (χ0v) is 90.8. The lowest BCUT2D eigenvalue weighted by Crippen LogP contribution is -2.50. The molecule has 5 aliphatic heterocycles. The van der Waals surface area contributed by atoms with Gasteiger partial charge in [0, 0.05) is 37.8 Å². The number of aliphatic hydroxyl groups is 4. The van der Waals surface area contributed by atoms with Gasteiger partial charge in [0.25, 0.3) is 0 Å². The summed E-state index contributed by atoms with van der Waals surface area (Å²) in [5.74, 6) is 17.6. The molecular formula is C115H238N4O8. The maximum Gasteiger partial charge on any atom is 0.111 e. The van der Waals surface area contributed by atoms with E-state index in [2.05, 4.69) is 250 Å². The molecule has 0 radical (unpaired) electrons. The maximum absolute atomic E-state index is 9.86. The smallest absolute Gasteiger partial charge is 0.111 e. The van der Waals surface area contributed by atoms with Crippen LogP contribution >= 0.6 is 0 Å². The summed E-state index contributed by atoms with van der Waals surface area (Å²) < 4.78 is 21.2. The van der Waals surface area contributed by atoms with E-state index in [4.69, 9.17) is 29.3 Å². The molecule has 6 N–H and O–H groups in total. The molecule has 127 heavy (non-hydrogen) atoms. The van der Waals surface area contributed by atoms with Crippen LogP contribution in [-0.4, -0.2) is 145 Å². The third-order valence-electron chi connectivity index (χ3n) is 28.6. The van der Waals surface area contributed by atoms with Crippen molar-refractivity contribution < 1.29 is 39.4 Å². The van der Waals surface area contributed by atoms with Gasteiger partial charge in [0.2, 0.25) is 0 Å². The third-order valence-corrected chi connectivity index (χ3v) is 28.6. The van der Waals surface area contributed by atoms with Crippen LogP contribution in [0.3, 0.4) is 0 Å². The van der Waals surface area contributed by atoms with Crippen LogP contribution in [0.2, 0.25) is 0 Å². The van der Waals surface area contributed by atoms with Gasteiger partial charge in [-0.05, 0) is 324 Å². The Morgan fingerprint density at radius 3 is 1.18 bits per heavy atom. The van der Waals surface area contributed by atoms with Crippen molar-refractivity contribution in [1.82, 2.24) is 15.5 Å². The molecule has 766 valence electrons. The van der Waals surface area contributed by atoms with Crippen molar-refractivity contribution in [2.75, 3.05) is 72.4 Å². The van der Waals surface area contributed by atoms with E-state index in [0.717, 1.165) is 178 Å². The normalized spacial score (nSPS) is 25.1. The summed E-state index contributed by atoms with van der Waals surface area (Å²) in [5, 5.41) is 53.1. The summed E-state index contributed by atoms with van der Waals surface area (Å²) in [5.41, 5.74) is -0.676. The standard InChI is InChI=1S/C11H22.C10H21N.2C9H18O.C8H17NO.3C8H16O.C8H16.C7H13N.C7H14O2.C7H14.C7H16.C6H13N.2CH4/c1-4-10-5-7-11(8-6-10)9(2)3;1-4-11-7-5-6-10(11)8-9(2)3;1-8(2)6-9(7-10)4-3-5-9;1-8(2)7-9(10)5-3-4-6-9;1-7(2)5-8-6-10-4-3-9-8;1-6(2)9-8-4-7(3)5-8;1-7(2)6-8-4-3-5-9-8;1-7(2)6-8(9)4-3-5-8;1-6(2)8-4-7(3)5-8;1-4-7(5-8)6(2)3;1-6(2)3-7(8)4-9-5-7;1-6(2)7-4-3-5-7;1-4-5-6-7(2)3;1-5(2)6-3-7-4-6;;/h9-11H,4-8H2,1-3H3;9-10H,4-8H2,1-3H3;2*8,10H,3-7H2,1-2H3;7-9H,3-6H2,1-2H3;6-8H,4-5H2,1-3H3;7-8H,3-6H2,1-2H3;7,9H,3-6H2,1-2H3;6-8H,4-5H2,1-3H3;6-7H,4H2,1-3H3;6,8H,3-5H2,1-2H3;6-7H,3-5H2,1-2H3;7H,4-6H2,1-3H3;5-7H,3-4H2,1-2H3;2*1H4. The van der Waals surface area contributed by atoms with E-state index in [9.17, 15) is 15.3 Å². The van der Waals surface area contributed by atoms with Crippen LogP contribution in [0.4, 0.5) is 0 Å². The van der Waals surface area contributed by atoms with Crippen molar-refractivity contribution in [3.63, 3.8) is 0 Å². The Morgan fingerprint density at radius 1 is 0.472 bits per heavy atom. The Balaban J connectivity index is -0.000000642. The first-order chi connectivity index (χ1) is 58.6. The van der Waals surface area contributed by atoms with E-state index < -0.39 is 5.60 Å². The van der Waals surface area contributed by atoms with Crippen LogP contribution in [0, 0.1) is 141 Å². The van der Waals surface area contributed by atoms with E-state index in [1.54, 1.807) is 0 Å². The zero-order chi connectivity index (χ0) is 95.5. The number of rotatable bonds is 28. The molecule has 0 spiro atoms. The van der Waals surface area contributed by atoms with E-state index in [-0.39, 0.29) is 32.0 Å². The second-order valence-corrected chi connectivity index (χ2v) is 47.7. The molecular weight excluding hydrogens is 1570 g/mol. The Labute approximate surface area is 798 Å². The molecule has 0 aromatic heterocycles. The van der Waals surface area contributed by atoms with Gasteiger partial charge in [0.15, 0.2) is 0 Å². The molecule has 0 aromatic carbocycles. The summed E-state index contributed by atoms with van der Waals surface area (Å²) in [6.07, 6.45) is 49.1. The predicted octanol–water partition coefficient (Wildman–Crippen LogP) is 31.4. The van der Waals surface area contributed by atoms with Crippen molar-refractivity contribution in [3.8, 4) is 6.07 Å². The predicted molar refractivity (Wildman–Crippen MR) is 561 cm³/mol. The molecule has 5 heterocycles. The molecule has 12 rings (SSSR count). The summed E-state index contributed by atoms with van der Waals surface area (Å²) in [7, 11) is 0. The van der Waals surface area contributed by atoms with Crippen LogP contribution in [-0.2, 0) is 18.9 Å². The SMILES string of the molecule is C.C.CC(C)C1CCC1.CC(C)C1CNC1.CC(C)CC1(CO)CCC1.CC(C)CC1(O)CCC1.CC(C)CC1(O)CCCC1.CC(C)CC1(O)COC1.CC(C)CC1CCCO1.CC(C)CC1COCCN1.CC1CC(C(C)C)C1.CC1CC(OC(C)C)C1.CCC(C#N)C(C)C.CCC1CCC(C(C)C)CC1.CCCCC(C)C.CCN1CCCC1CC(C)C. The van der Waals surface area contributed by atoms with Crippen LogP contribution < -0.4 is 10.6 Å². The monoisotopic (exact) mass is 1800 g/mol. The van der Waals surface area contributed by atoms with Crippen molar-refractivity contribution in [2.45, 2.75) is 535 Å². The highest BCUT2D eigenvalue weighted by Crippen LogP contribution is 2.46. The van der Waals surface area contributed by atoms with Gasteiger partial charge in [-0.2, -0.15) is 5.26 Å². The van der Waals surface area contributed by atoms with Gasteiger partial charge in [0.1, 0.15) is 5.60 Å². The number of nitrogens with one attached hydrogen (secondary N) is 2. The van der Waals surface area contributed by atoms with Gasteiger partial charge in [0.05, 0.1) is 62.0 Å². The lowest BCUT2D eigenvalue weighted by molar-refractivity contribution is -0.185. The summed E-state index contributed by atoms with van der Waals surface area (Å²) in [4.78, 5) is 2.62. The first-order valence-corrected chi connectivity index (χ1v) is 54.4. The zero-order valence-electron chi connectivity index (χ0n) is 90.8. The molecule has 4 atom stereocenters. The average molecular weight is 1810 g/mol. The molecule has 12 heteroatoms. The highest BCUT2D eigenvalue weighted by molar-refractivity contribution is 4.91. The largest absolute Gasteiger partial charge is 0.396 e. The van der Waals surface area contributed by atoms with Gasteiger partial charge in [-0.25, -0.2) is 0 Å². The number of nitriles is 1. The fourth-order valence-electron chi connectivity index (χ4n) is 19.9. The summed E-state index contributed by atoms with van der Waals surface area (Å²) in [6.45, 7) is 86.4. The molecule has 0 amide bonds. The van der Waals surface area contributed by atoms with Gasteiger partial charge in [-0.1, -0.05) is 313 Å². The van der Waals surface area contributed by atoms with Crippen LogP contribution in [0.1, 0.15) is 488 Å². The van der Waals surface area contributed by atoms with E-state index >= 15 is 0 Å². The van der Waals surface area contributed by atoms with Crippen molar-refractivity contribution in [3.05, 3.63) is 0 Å². The number of ether oxygens (including phenoxy) is 4. The first-order valence-electron chi connectivity index (χ1n) is 54.4. The van der Waals surface area contributed by atoms with E-state index in [1.165, 1.54) is 212 Å². The van der Waals surface area contributed by atoms with E-state index in [0.29, 0.717) is 73.3 Å². The molecule has 12 aliphatic rings. The van der Waals surface area contributed by atoms with Crippen LogP contribution in [0.25, 0.3) is 0 Å². The minimum Gasteiger partial charge on any atom is -0.396 e. The van der Waals surface area contributed by atoms with Gasteiger partial charge in [-0.15, -0.1) is 0 Å².